The molecule has 0 aromatic heterocycles. The Morgan fingerprint density at radius 1 is 1.10 bits per heavy atom. The van der Waals surface area contributed by atoms with E-state index in [0.29, 0.717) is 0 Å². The molecule has 104 valence electrons. The molecule has 0 saturated carbocycles. The van der Waals surface area contributed by atoms with Crippen LogP contribution in [0.4, 0.5) is 5.69 Å². The fourth-order valence-electron chi connectivity index (χ4n) is 3.09. The predicted octanol–water partition coefficient (Wildman–Crippen LogP) is 3.28. The van der Waals surface area contributed by atoms with Crippen LogP contribution in [0.15, 0.2) is 42.5 Å². The maximum Gasteiger partial charge on any atom is 0.0432 e. The van der Waals surface area contributed by atoms with Crippen molar-refractivity contribution in [1.82, 2.24) is 5.32 Å². The Labute approximate surface area is 121 Å². The number of benzene rings is 2. The van der Waals surface area contributed by atoms with Gasteiger partial charge in [0, 0.05) is 25.3 Å². The second-order valence-corrected chi connectivity index (χ2v) is 5.59. The average Bonchev–Trinajstić information content (AvgIpc) is 2.47. The van der Waals surface area contributed by atoms with Crippen LogP contribution < -0.4 is 10.2 Å². The van der Waals surface area contributed by atoms with Crippen LogP contribution in [0.3, 0.4) is 0 Å². The summed E-state index contributed by atoms with van der Waals surface area (Å²) in [6, 6.07) is 15.6. The smallest absolute Gasteiger partial charge is 0.0432 e. The van der Waals surface area contributed by atoms with Crippen molar-refractivity contribution in [3.8, 4) is 0 Å². The van der Waals surface area contributed by atoms with Gasteiger partial charge in [0.2, 0.25) is 0 Å². The van der Waals surface area contributed by atoms with Crippen LogP contribution in [0.2, 0.25) is 0 Å². The third kappa shape index (κ3) is 2.56. The quantitative estimate of drug-likeness (QED) is 0.917. The molecule has 1 aliphatic heterocycles. The molecule has 0 unspecified atom stereocenters. The standard InChI is InChI=1S/C18H22N2/c1-14-11-15(12-19-2)7-8-18(14)20-10-9-16-5-3-4-6-17(16)13-20/h3-8,11,19H,9-10,12-13H2,1-2H3. The molecule has 20 heavy (non-hydrogen) atoms. The predicted molar refractivity (Wildman–Crippen MR) is 85.1 cm³/mol. The fourth-order valence-corrected chi connectivity index (χ4v) is 3.09. The third-order valence-electron chi connectivity index (χ3n) is 4.11. The van der Waals surface area contributed by atoms with Gasteiger partial charge in [-0.15, -0.1) is 0 Å². The van der Waals surface area contributed by atoms with Crippen molar-refractivity contribution >= 4 is 5.69 Å². The zero-order valence-corrected chi connectivity index (χ0v) is 12.3. The van der Waals surface area contributed by atoms with Crippen molar-refractivity contribution in [2.75, 3.05) is 18.5 Å². The zero-order chi connectivity index (χ0) is 13.9. The number of hydrogen-bond acceptors (Lipinski definition) is 2. The van der Waals surface area contributed by atoms with Gasteiger partial charge in [0.05, 0.1) is 0 Å². The Balaban J connectivity index is 1.84. The lowest BCUT2D eigenvalue weighted by Crippen LogP contribution is -2.30. The third-order valence-corrected chi connectivity index (χ3v) is 4.11. The van der Waals surface area contributed by atoms with E-state index in [4.69, 9.17) is 0 Å². The lowest BCUT2D eigenvalue weighted by molar-refractivity contribution is 0.728. The SMILES string of the molecule is CNCc1ccc(N2CCc3ccccc3C2)c(C)c1. The van der Waals surface area contributed by atoms with Crippen molar-refractivity contribution in [2.24, 2.45) is 0 Å². The second kappa shape index (κ2) is 5.68. The number of nitrogens with zero attached hydrogens (tertiary/aromatic N) is 1. The van der Waals surface area contributed by atoms with Crippen molar-refractivity contribution in [2.45, 2.75) is 26.4 Å². The van der Waals surface area contributed by atoms with Crippen molar-refractivity contribution < 1.29 is 0 Å². The highest BCUT2D eigenvalue weighted by molar-refractivity contribution is 5.56. The summed E-state index contributed by atoms with van der Waals surface area (Å²) >= 11 is 0. The van der Waals surface area contributed by atoms with Crippen LogP contribution in [0.5, 0.6) is 0 Å². The number of anilines is 1. The van der Waals surface area contributed by atoms with Gasteiger partial charge in [-0.25, -0.2) is 0 Å². The van der Waals surface area contributed by atoms with E-state index in [0.717, 1.165) is 26.1 Å². The summed E-state index contributed by atoms with van der Waals surface area (Å²) in [5, 5.41) is 3.21. The maximum atomic E-state index is 3.21. The second-order valence-electron chi connectivity index (χ2n) is 5.59. The number of aryl methyl sites for hydroxylation is 1. The summed E-state index contributed by atoms with van der Waals surface area (Å²) < 4.78 is 0. The van der Waals surface area contributed by atoms with Gasteiger partial charge in [0.25, 0.3) is 0 Å². The molecule has 0 amide bonds. The Kier molecular flexibility index (Phi) is 3.75. The normalized spacial score (nSPS) is 14.2. The van der Waals surface area contributed by atoms with E-state index in [-0.39, 0.29) is 0 Å². The van der Waals surface area contributed by atoms with E-state index in [1.54, 1.807) is 0 Å². The first-order chi connectivity index (χ1) is 9.78. The molecule has 0 fully saturated rings. The first-order valence-corrected chi connectivity index (χ1v) is 7.34. The van der Waals surface area contributed by atoms with E-state index < -0.39 is 0 Å². The van der Waals surface area contributed by atoms with Crippen LogP contribution in [-0.4, -0.2) is 13.6 Å². The highest BCUT2D eigenvalue weighted by atomic mass is 15.1. The first kappa shape index (κ1) is 13.2. The summed E-state index contributed by atoms with van der Waals surface area (Å²) in [5.74, 6) is 0. The topological polar surface area (TPSA) is 15.3 Å². The molecule has 2 heteroatoms. The molecule has 0 spiro atoms. The first-order valence-electron chi connectivity index (χ1n) is 7.34. The molecule has 2 nitrogen and oxygen atoms in total. The molecule has 2 aromatic carbocycles. The van der Waals surface area contributed by atoms with Crippen molar-refractivity contribution in [3.05, 3.63) is 64.7 Å². The minimum atomic E-state index is 0.934. The minimum absolute atomic E-state index is 0.934. The van der Waals surface area contributed by atoms with Crippen LogP contribution >= 0.6 is 0 Å². The molecular formula is C18H22N2. The monoisotopic (exact) mass is 266 g/mol. The van der Waals surface area contributed by atoms with Gasteiger partial charge >= 0.3 is 0 Å². The highest BCUT2D eigenvalue weighted by Gasteiger charge is 2.17. The van der Waals surface area contributed by atoms with Gasteiger partial charge in [-0.1, -0.05) is 36.4 Å². The van der Waals surface area contributed by atoms with Crippen LogP contribution in [0.1, 0.15) is 22.3 Å². The van der Waals surface area contributed by atoms with Crippen LogP contribution in [0.25, 0.3) is 0 Å². The Morgan fingerprint density at radius 3 is 2.65 bits per heavy atom. The molecule has 3 rings (SSSR count). The Hall–Kier alpha value is -1.80. The summed E-state index contributed by atoms with van der Waals surface area (Å²) in [6.45, 7) is 5.30. The summed E-state index contributed by atoms with van der Waals surface area (Å²) in [5.41, 5.74) is 7.08. The van der Waals surface area contributed by atoms with Crippen LogP contribution in [0, 0.1) is 6.92 Å². The van der Waals surface area contributed by atoms with Crippen molar-refractivity contribution in [1.29, 1.82) is 0 Å². The number of nitrogens with one attached hydrogen (secondary N) is 1. The number of hydrogen-bond donors (Lipinski definition) is 1. The maximum absolute atomic E-state index is 3.21. The molecule has 1 N–H and O–H groups in total. The largest absolute Gasteiger partial charge is 0.367 e. The molecule has 0 saturated heterocycles. The van der Waals surface area contributed by atoms with E-state index in [1.807, 2.05) is 7.05 Å². The Bertz CT molecular complexity index is 604. The molecule has 1 aliphatic rings. The van der Waals surface area contributed by atoms with Gasteiger partial charge in [0.15, 0.2) is 0 Å². The van der Waals surface area contributed by atoms with E-state index in [9.17, 15) is 0 Å². The average molecular weight is 266 g/mol. The molecule has 1 heterocycles. The molecule has 0 atom stereocenters. The number of fused-ring (bicyclic) bond motifs is 1. The molecule has 2 aromatic rings. The van der Waals surface area contributed by atoms with E-state index >= 15 is 0 Å². The molecular weight excluding hydrogens is 244 g/mol. The van der Waals surface area contributed by atoms with Gasteiger partial charge in [-0.2, -0.15) is 0 Å². The molecule has 0 radical (unpaired) electrons. The summed E-state index contributed by atoms with van der Waals surface area (Å²) in [7, 11) is 1.99. The van der Waals surface area contributed by atoms with Gasteiger partial charge in [-0.3, -0.25) is 0 Å². The lowest BCUT2D eigenvalue weighted by atomic mass is 9.98. The zero-order valence-electron chi connectivity index (χ0n) is 12.3. The molecule has 0 bridgehead atoms. The lowest BCUT2D eigenvalue weighted by Gasteiger charge is -2.32. The van der Waals surface area contributed by atoms with Crippen molar-refractivity contribution in [3.63, 3.8) is 0 Å². The molecule has 0 aliphatic carbocycles. The fraction of sp³-hybridized carbons (Fsp3) is 0.333. The van der Waals surface area contributed by atoms with E-state index in [2.05, 4.69) is 59.6 Å². The highest BCUT2D eigenvalue weighted by Crippen LogP contribution is 2.27. The van der Waals surface area contributed by atoms with Gasteiger partial charge in [0.1, 0.15) is 0 Å². The Morgan fingerprint density at radius 2 is 1.90 bits per heavy atom. The summed E-state index contributed by atoms with van der Waals surface area (Å²) in [6.07, 6.45) is 1.15. The van der Waals surface area contributed by atoms with Gasteiger partial charge < -0.3 is 10.2 Å². The van der Waals surface area contributed by atoms with E-state index in [1.165, 1.54) is 27.9 Å². The van der Waals surface area contributed by atoms with Crippen LogP contribution in [-0.2, 0) is 19.5 Å². The minimum Gasteiger partial charge on any atom is -0.367 e. The number of rotatable bonds is 3. The van der Waals surface area contributed by atoms with Gasteiger partial charge in [-0.05, 0) is 48.7 Å². The summed E-state index contributed by atoms with van der Waals surface area (Å²) in [4.78, 5) is 2.50.